The number of aryl methyl sites for hydroxylation is 1. The van der Waals surface area contributed by atoms with Gasteiger partial charge in [-0.2, -0.15) is 5.10 Å². The number of aliphatic hydroxyl groups excluding tert-OH is 1. The zero-order chi connectivity index (χ0) is 15.4. The maximum Gasteiger partial charge on any atom is 0.305 e. The first-order valence-electron chi connectivity index (χ1n) is 7.84. The molecule has 2 rings (SSSR count). The van der Waals surface area contributed by atoms with Crippen molar-refractivity contribution in [2.45, 2.75) is 70.9 Å². The van der Waals surface area contributed by atoms with Crippen LogP contribution in [0.5, 0.6) is 0 Å². The minimum Gasteiger partial charge on any atom is -0.469 e. The Morgan fingerprint density at radius 3 is 2.76 bits per heavy atom. The summed E-state index contributed by atoms with van der Waals surface area (Å²) in [5.41, 5.74) is 3.13. The molecule has 0 spiro atoms. The number of aromatic nitrogens is 2. The molecule has 1 saturated carbocycles. The highest BCUT2D eigenvalue weighted by molar-refractivity contribution is 5.69. The third-order valence-electron chi connectivity index (χ3n) is 4.54. The zero-order valence-electron chi connectivity index (χ0n) is 13.3. The van der Waals surface area contributed by atoms with Gasteiger partial charge in [0.1, 0.15) is 0 Å². The molecule has 1 aromatic rings. The standard InChI is InChI=1S/C16H26N2O3/c1-11-13(9-10-16(20)21-3)12(2)18(17-11)14-7-5-4-6-8-15(14)19/h14-15,19H,4-10H2,1-3H3. The molecule has 21 heavy (non-hydrogen) atoms. The van der Waals surface area contributed by atoms with E-state index < -0.39 is 0 Å². The molecule has 1 aliphatic carbocycles. The van der Waals surface area contributed by atoms with E-state index in [4.69, 9.17) is 4.74 Å². The van der Waals surface area contributed by atoms with Gasteiger partial charge in [-0.3, -0.25) is 9.48 Å². The van der Waals surface area contributed by atoms with Crippen LogP contribution in [0, 0.1) is 13.8 Å². The average molecular weight is 294 g/mol. The molecule has 0 bridgehead atoms. The number of carbonyl (C=O) groups is 1. The van der Waals surface area contributed by atoms with Gasteiger partial charge in [-0.25, -0.2) is 0 Å². The van der Waals surface area contributed by atoms with Crippen LogP contribution in [0.15, 0.2) is 0 Å². The highest BCUT2D eigenvalue weighted by Crippen LogP contribution is 2.30. The van der Waals surface area contributed by atoms with Crippen LogP contribution in [-0.2, 0) is 16.0 Å². The van der Waals surface area contributed by atoms with Crippen molar-refractivity contribution in [1.29, 1.82) is 0 Å². The van der Waals surface area contributed by atoms with E-state index in [-0.39, 0.29) is 18.1 Å². The number of carbonyl (C=O) groups excluding carboxylic acids is 1. The number of aliphatic hydroxyl groups is 1. The van der Waals surface area contributed by atoms with Crippen molar-refractivity contribution >= 4 is 5.97 Å². The summed E-state index contributed by atoms with van der Waals surface area (Å²) in [5, 5.41) is 15.0. The van der Waals surface area contributed by atoms with E-state index in [1.165, 1.54) is 13.5 Å². The highest BCUT2D eigenvalue weighted by atomic mass is 16.5. The van der Waals surface area contributed by atoms with Crippen molar-refractivity contribution in [2.24, 2.45) is 0 Å². The summed E-state index contributed by atoms with van der Waals surface area (Å²) < 4.78 is 6.69. The molecule has 1 N–H and O–H groups in total. The van der Waals surface area contributed by atoms with E-state index in [0.29, 0.717) is 12.8 Å². The minimum absolute atomic E-state index is 0.0677. The number of esters is 1. The lowest BCUT2D eigenvalue weighted by Gasteiger charge is -2.22. The Balaban J connectivity index is 2.19. The quantitative estimate of drug-likeness (QED) is 0.684. The second kappa shape index (κ2) is 7.07. The maximum atomic E-state index is 11.3. The summed E-state index contributed by atoms with van der Waals surface area (Å²) in [4.78, 5) is 11.3. The first-order chi connectivity index (χ1) is 10.0. The molecular formula is C16H26N2O3. The van der Waals surface area contributed by atoms with E-state index in [9.17, 15) is 9.90 Å². The van der Waals surface area contributed by atoms with Gasteiger partial charge in [0, 0.05) is 12.1 Å². The Hall–Kier alpha value is -1.36. The van der Waals surface area contributed by atoms with Crippen LogP contribution in [0.2, 0.25) is 0 Å². The summed E-state index contributed by atoms with van der Waals surface area (Å²) in [7, 11) is 1.41. The maximum absolute atomic E-state index is 11.3. The van der Waals surface area contributed by atoms with Gasteiger partial charge in [-0.1, -0.05) is 19.3 Å². The molecule has 0 radical (unpaired) electrons. The Labute approximate surface area is 126 Å². The molecule has 5 heteroatoms. The van der Waals surface area contributed by atoms with Crippen LogP contribution in [0.4, 0.5) is 0 Å². The Kier molecular flexibility index (Phi) is 5.39. The second-order valence-electron chi connectivity index (χ2n) is 5.94. The third-order valence-corrected chi connectivity index (χ3v) is 4.54. The van der Waals surface area contributed by atoms with Gasteiger partial charge in [0.05, 0.1) is 24.9 Å². The van der Waals surface area contributed by atoms with Gasteiger partial charge in [0.25, 0.3) is 0 Å². The number of hydrogen-bond acceptors (Lipinski definition) is 4. The summed E-state index contributed by atoms with van der Waals surface area (Å²) in [6.45, 7) is 4.00. The van der Waals surface area contributed by atoms with Crippen LogP contribution >= 0.6 is 0 Å². The van der Waals surface area contributed by atoms with E-state index in [1.54, 1.807) is 0 Å². The zero-order valence-corrected chi connectivity index (χ0v) is 13.3. The van der Waals surface area contributed by atoms with Gasteiger partial charge in [-0.15, -0.1) is 0 Å². The third kappa shape index (κ3) is 3.64. The molecule has 0 amide bonds. The van der Waals surface area contributed by atoms with Gasteiger partial charge in [-0.05, 0) is 38.7 Å². The molecule has 1 fully saturated rings. The Morgan fingerprint density at radius 1 is 1.33 bits per heavy atom. The van der Waals surface area contributed by atoms with Gasteiger partial charge in [0.2, 0.25) is 0 Å². The average Bonchev–Trinajstić information content (AvgIpc) is 2.64. The lowest BCUT2D eigenvalue weighted by Crippen LogP contribution is -2.25. The smallest absolute Gasteiger partial charge is 0.305 e. The van der Waals surface area contributed by atoms with Crippen LogP contribution in [-0.4, -0.2) is 34.1 Å². The molecule has 118 valence electrons. The summed E-state index contributed by atoms with van der Waals surface area (Å²) in [6, 6.07) is 0.0677. The molecule has 0 saturated heterocycles. The second-order valence-corrected chi connectivity index (χ2v) is 5.94. The SMILES string of the molecule is COC(=O)CCc1c(C)nn(C2CCCCCC2O)c1C. The lowest BCUT2D eigenvalue weighted by molar-refractivity contribution is -0.140. The van der Waals surface area contributed by atoms with Gasteiger partial charge < -0.3 is 9.84 Å². The predicted octanol–water partition coefficient (Wildman–Crippen LogP) is 2.47. The Morgan fingerprint density at radius 2 is 2.05 bits per heavy atom. The van der Waals surface area contributed by atoms with Crippen LogP contribution in [0.3, 0.4) is 0 Å². The fraction of sp³-hybridized carbons (Fsp3) is 0.750. The molecule has 5 nitrogen and oxygen atoms in total. The summed E-state index contributed by atoms with van der Waals surface area (Å²) >= 11 is 0. The van der Waals surface area contributed by atoms with Crippen LogP contribution in [0.25, 0.3) is 0 Å². The number of methoxy groups -OCH3 is 1. The van der Waals surface area contributed by atoms with Crippen molar-refractivity contribution in [3.8, 4) is 0 Å². The Bertz CT molecular complexity index is 496. The monoisotopic (exact) mass is 294 g/mol. The van der Waals surface area contributed by atoms with Crippen LogP contribution in [0.1, 0.15) is 61.5 Å². The van der Waals surface area contributed by atoms with Crippen LogP contribution < -0.4 is 0 Å². The topological polar surface area (TPSA) is 64.3 Å². The number of nitrogens with zero attached hydrogens (tertiary/aromatic N) is 2. The van der Waals surface area contributed by atoms with Crippen molar-refractivity contribution in [1.82, 2.24) is 9.78 Å². The molecule has 0 aromatic carbocycles. The molecule has 1 aliphatic rings. The van der Waals surface area contributed by atoms with E-state index in [1.807, 2.05) is 18.5 Å². The van der Waals surface area contributed by atoms with Crippen molar-refractivity contribution in [3.05, 3.63) is 17.0 Å². The van der Waals surface area contributed by atoms with E-state index >= 15 is 0 Å². The number of ether oxygens (including phenoxy) is 1. The molecule has 2 atom stereocenters. The first-order valence-corrected chi connectivity index (χ1v) is 7.84. The fourth-order valence-corrected chi connectivity index (χ4v) is 3.26. The molecule has 1 heterocycles. The molecule has 0 aliphatic heterocycles. The summed E-state index contributed by atoms with van der Waals surface area (Å²) in [5.74, 6) is -0.198. The lowest BCUT2D eigenvalue weighted by atomic mass is 10.0. The van der Waals surface area contributed by atoms with Crippen molar-refractivity contribution in [2.75, 3.05) is 7.11 Å². The molecular weight excluding hydrogens is 268 g/mol. The highest BCUT2D eigenvalue weighted by Gasteiger charge is 2.26. The van der Waals surface area contributed by atoms with Crippen molar-refractivity contribution < 1.29 is 14.6 Å². The first kappa shape index (κ1) is 16.0. The number of rotatable bonds is 4. The minimum atomic E-state index is -0.320. The fourth-order valence-electron chi connectivity index (χ4n) is 3.26. The molecule has 1 aromatic heterocycles. The predicted molar refractivity (Wildman–Crippen MR) is 80.2 cm³/mol. The van der Waals surface area contributed by atoms with E-state index in [0.717, 1.165) is 42.6 Å². The van der Waals surface area contributed by atoms with Gasteiger partial charge in [0.15, 0.2) is 0 Å². The largest absolute Gasteiger partial charge is 0.469 e. The van der Waals surface area contributed by atoms with E-state index in [2.05, 4.69) is 5.10 Å². The normalized spacial score (nSPS) is 22.9. The molecule has 2 unspecified atom stereocenters. The van der Waals surface area contributed by atoms with Gasteiger partial charge >= 0.3 is 5.97 Å². The van der Waals surface area contributed by atoms with Crippen molar-refractivity contribution in [3.63, 3.8) is 0 Å². The summed E-state index contributed by atoms with van der Waals surface area (Å²) in [6.07, 6.45) is 5.93. The number of hydrogen-bond donors (Lipinski definition) is 1.